The third kappa shape index (κ3) is 2.72. The van der Waals surface area contributed by atoms with Crippen molar-refractivity contribution in [2.45, 2.75) is 12.5 Å². The highest BCUT2D eigenvalue weighted by Crippen LogP contribution is 2.30. The summed E-state index contributed by atoms with van der Waals surface area (Å²) in [4.78, 5) is 24.2. The molecule has 1 unspecified atom stereocenters. The number of nitro groups is 1. The van der Waals surface area contributed by atoms with Gasteiger partial charge in [0.2, 0.25) is 11.7 Å². The minimum absolute atomic E-state index is 0.00128. The molecule has 120 valence electrons. The number of aromatic nitrogens is 2. The Balaban J connectivity index is 1.81. The highest BCUT2D eigenvalue weighted by atomic mass is 19.1. The summed E-state index contributed by atoms with van der Waals surface area (Å²) in [6, 6.07) is 3.13. The number of nitrogens with one attached hydrogen (secondary N) is 1. The van der Waals surface area contributed by atoms with Crippen LogP contribution in [-0.4, -0.2) is 33.2 Å². The van der Waals surface area contributed by atoms with Gasteiger partial charge in [0, 0.05) is 19.8 Å². The molecule has 1 amide bonds. The molecule has 1 aromatic heterocycles. The summed E-state index contributed by atoms with van der Waals surface area (Å²) in [6.07, 6.45) is 3.75. The number of nitrogens with zero attached hydrogens (tertiary/aromatic N) is 4. The molecule has 0 bridgehead atoms. The van der Waals surface area contributed by atoms with Gasteiger partial charge in [-0.05, 0) is 18.6 Å². The molecule has 1 aliphatic heterocycles. The number of aryl methyl sites for hydroxylation is 1. The minimum Gasteiger partial charge on any atom is -0.368 e. The Hall–Kier alpha value is -2.97. The van der Waals surface area contributed by atoms with Gasteiger partial charge in [-0.2, -0.15) is 9.49 Å². The summed E-state index contributed by atoms with van der Waals surface area (Å²) >= 11 is 0. The van der Waals surface area contributed by atoms with E-state index in [1.807, 2.05) is 0 Å². The molecular formula is C14H14FN5O3. The fourth-order valence-electron chi connectivity index (χ4n) is 2.62. The van der Waals surface area contributed by atoms with Crippen molar-refractivity contribution in [1.82, 2.24) is 9.78 Å². The lowest BCUT2D eigenvalue weighted by atomic mass is 10.2. The Morgan fingerprint density at radius 3 is 2.91 bits per heavy atom. The van der Waals surface area contributed by atoms with E-state index in [2.05, 4.69) is 10.4 Å². The second-order valence-electron chi connectivity index (χ2n) is 5.24. The molecule has 3 rings (SSSR count). The summed E-state index contributed by atoms with van der Waals surface area (Å²) in [6.45, 7) is 0.464. The maximum absolute atomic E-state index is 13.6. The van der Waals surface area contributed by atoms with Crippen molar-refractivity contribution in [2.24, 2.45) is 7.05 Å². The zero-order valence-electron chi connectivity index (χ0n) is 12.3. The fourth-order valence-corrected chi connectivity index (χ4v) is 2.62. The van der Waals surface area contributed by atoms with Gasteiger partial charge < -0.3 is 10.2 Å². The van der Waals surface area contributed by atoms with Crippen molar-refractivity contribution >= 4 is 23.0 Å². The molecule has 23 heavy (non-hydrogen) atoms. The number of benzene rings is 1. The number of halogens is 1. The van der Waals surface area contributed by atoms with Crippen LogP contribution in [0.5, 0.6) is 0 Å². The van der Waals surface area contributed by atoms with Crippen LogP contribution in [0.4, 0.5) is 21.5 Å². The molecule has 1 fully saturated rings. The third-order valence-corrected chi connectivity index (χ3v) is 3.71. The Morgan fingerprint density at radius 2 is 2.26 bits per heavy atom. The van der Waals surface area contributed by atoms with Gasteiger partial charge >= 0.3 is 5.69 Å². The van der Waals surface area contributed by atoms with E-state index in [0.29, 0.717) is 18.7 Å². The van der Waals surface area contributed by atoms with Crippen LogP contribution in [0.2, 0.25) is 0 Å². The van der Waals surface area contributed by atoms with Crippen LogP contribution in [0, 0.1) is 15.9 Å². The number of amides is 1. The molecule has 0 aliphatic carbocycles. The second kappa shape index (κ2) is 5.67. The van der Waals surface area contributed by atoms with Crippen LogP contribution in [0.25, 0.3) is 0 Å². The van der Waals surface area contributed by atoms with E-state index in [1.54, 1.807) is 29.0 Å². The van der Waals surface area contributed by atoms with E-state index < -0.39 is 22.5 Å². The Morgan fingerprint density at radius 1 is 1.48 bits per heavy atom. The SMILES string of the molecule is Cn1cc(N2CCC(Nc3cccc(F)c3[N+](=O)[O-])C2=O)cn1. The van der Waals surface area contributed by atoms with E-state index >= 15 is 0 Å². The topological polar surface area (TPSA) is 93.3 Å². The van der Waals surface area contributed by atoms with E-state index in [4.69, 9.17) is 0 Å². The van der Waals surface area contributed by atoms with Crippen molar-refractivity contribution in [3.63, 3.8) is 0 Å². The van der Waals surface area contributed by atoms with Gasteiger partial charge in [0.25, 0.3) is 0 Å². The Bertz CT molecular complexity index is 776. The lowest BCUT2D eigenvalue weighted by molar-refractivity contribution is -0.386. The quantitative estimate of drug-likeness (QED) is 0.683. The molecule has 1 N–H and O–H groups in total. The van der Waals surface area contributed by atoms with Crippen LogP contribution in [0.15, 0.2) is 30.6 Å². The highest BCUT2D eigenvalue weighted by Gasteiger charge is 2.34. The second-order valence-corrected chi connectivity index (χ2v) is 5.24. The molecule has 0 saturated carbocycles. The molecule has 2 aromatic rings. The molecule has 1 saturated heterocycles. The standard InChI is InChI=1S/C14H14FN5O3/c1-18-8-9(7-16-18)19-6-5-12(14(19)21)17-11-4-2-3-10(15)13(11)20(22)23/h2-4,7-8,12,17H,5-6H2,1H3. The summed E-state index contributed by atoms with van der Waals surface area (Å²) in [5, 5.41) is 17.8. The number of para-hydroxylation sites is 1. The molecule has 2 heterocycles. The summed E-state index contributed by atoms with van der Waals surface area (Å²) < 4.78 is 15.2. The van der Waals surface area contributed by atoms with Crippen LogP contribution < -0.4 is 10.2 Å². The summed E-state index contributed by atoms with van der Waals surface area (Å²) in [7, 11) is 1.75. The lowest BCUT2D eigenvalue weighted by Gasteiger charge is -2.16. The predicted molar refractivity (Wildman–Crippen MR) is 80.6 cm³/mol. The molecule has 1 atom stereocenters. The average molecular weight is 319 g/mol. The largest absolute Gasteiger partial charge is 0.368 e. The molecule has 9 heteroatoms. The van der Waals surface area contributed by atoms with Gasteiger partial charge in [0.15, 0.2) is 0 Å². The van der Waals surface area contributed by atoms with Gasteiger partial charge in [-0.15, -0.1) is 0 Å². The average Bonchev–Trinajstić information content (AvgIpc) is 3.06. The predicted octanol–water partition coefficient (Wildman–Crippen LogP) is 1.68. The number of carbonyl (C=O) groups is 1. The number of anilines is 2. The molecule has 1 aliphatic rings. The zero-order chi connectivity index (χ0) is 16.6. The van der Waals surface area contributed by atoms with Gasteiger partial charge in [0.05, 0.1) is 16.8 Å². The van der Waals surface area contributed by atoms with Crippen molar-refractivity contribution in [3.8, 4) is 0 Å². The number of hydrogen-bond acceptors (Lipinski definition) is 5. The Kier molecular flexibility index (Phi) is 3.68. The van der Waals surface area contributed by atoms with Crippen LogP contribution >= 0.6 is 0 Å². The molecule has 0 spiro atoms. The van der Waals surface area contributed by atoms with Crippen molar-refractivity contribution < 1.29 is 14.1 Å². The van der Waals surface area contributed by atoms with Gasteiger partial charge in [-0.3, -0.25) is 19.6 Å². The van der Waals surface area contributed by atoms with Gasteiger partial charge in [0.1, 0.15) is 11.7 Å². The fraction of sp³-hybridized carbons (Fsp3) is 0.286. The van der Waals surface area contributed by atoms with Crippen LogP contribution in [0.3, 0.4) is 0 Å². The minimum atomic E-state index is -0.936. The van der Waals surface area contributed by atoms with E-state index in [-0.39, 0.29) is 11.6 Å². The number of hydrogen-bond donors (Lipinski definition) is 1. The van der Waals surface area contributed by atoms with E-state index in [1.165, 1.54) is 12.1 Å². The lowest BCUT2D eigenvalue weighted by Crippen LogP contribution is -2.33. The number of rotatable bonds is 4. The number of nitro benzene ring substituents is 1. The molecule has 8 nitrogen and oxygen atoms in total. The summed E-state index contributed by atoms with van der Waals surface area (Å²) in [5.74, 6) is -1.16. The summed E-state index contributed by atoms with van der Waals surface area (Å²) in [5.41, 5.74) is 0.0112. The van der Waals surface area contributed by atoms with Crippen LogP contribution in [0.1, 0.15) is 6.42 Å². The highest BCUT2D eigenvalue weighted by molar-refractivity contribution is 6.01. The molecule has 0 radical (unpaired) electrons. The van der Waals surface area contributed by atoms with Gasteiger partial charge in [-0.25, -0.2) is 0 Å². The van der Waals surface area contributed by atoms with Crippen LogP contribution in [-0.2, 0) is 11.8 Å². The Labute approximate surface area is 130 Å². The van der Waals surface area contributed by atoms with Crippen molar-refractivity contribution in [2.75, 3.05) is 16.8 Å². The van der Waals surface area contributed by atoms with Gasteiger partial charge in [-0.1, -0.05) is 6.07 Å². The first-order valence-corrected chi connectivity index (χ1v) is 6.97. The van der Waals surface area contributed by atoms with E-state index in [0.717, 1.165) is 6.07 Å². The van der Waals surface area contributed by atoms with Crippen molar-refractivity contribution in [3.05, 3.63) is 46.5 Å². The molecular weight excluding hydrogens is 305 g/mol. The van der Waals surface area contributed by atoms with E-state index in [9.17, 15) is 19.3 Å². The zero-order valence-corrected chi connectivity index (χ0v) is 12.3. The normalized spacial score (nSPS) is 17.6. The maximum Gasteiger partial charge on any atom is 0.327 e. The number of carbonyl (C=O) groups excluding carboxylic acids is 1. The van der Waals surface area contributed by atoms with Crippen molar-refractivity contribution in [1.29, 1.82) is 0 Å². The molecule has 1 aromatic carbocycles. The monoisotopic (exact) mass is 319 g/mol. The maximum atomic E-state index is 13.6. The first-order valence-electron chi connectivity index (χ1n) is 6.97. The first kappa shape index (κ1) is 14.9. The first-order chi connectivity index (χ1) is 11.0. The third-order valence-electron chi connectivity index (χ3n) is 3.71. The smallest absolute Gasteiger partial charge is 0.327 e.